The van der Waals surface area contributed by atoms with Gasteiger partial charge in [-0.15, -0.1) is 0 Å². The number of aliphatic carboxylic acids is 1. The second-order valence-corrected chi connectivity index (χ2v) is 6.05. The first-order valence-electron chi connectivity index (χ1n) is 7.53. The van der Waals surface area contributed by atoms with Crippen LogP contribution in [0.5, 0.6) is 0 Å². The van der Waals surface area contributed by atoms with Gasteiger partial charge in [0, 0.05) is 11.3 Å². The number of amides is 1. The molecule has 1 atom stereocenters. The van der Waals surface area contributed by atoms with Crippen molar-refractivity contribution in [2.24, 2.45) is 0 Å². The van der Waals surface area contributed by atoms with Gasteiger partial charge in [0.25, 0.3) is 5.91 Å². The van der Waals surface area contributed by atoms with Gasteiger partial charge in [-0.05, 0) is 44.5 Å². The van der Waals surface area contributed by atoms with Crippen molar-refractivity contribution < 1.29 is 19.8 Å². The van der Waals surface area contributed by atoms with E-state index in [9.17, 15) is 14.7 Å². The highest BCUT2D eigenvalue weighted by Gasteiger charge is 2.30. The zero-order valence-electron chi connectivity index (χ0n) is 13.9. The van der Waals surface area contributed by atoms with Gasteiger partial charge in [-0.1, -0.05) is 12.1 Å². The van der Waals surface area contributed by atoms with Crippen LogP contribution in [0.3, 0.4) is 0 Å². The van der Waals surface area contributed by atoms with Crippen LogP contribution in [0, 0.1) is 13.8 Å². The minimum Gasteiger partial charge on any atom is -0.479 e. The Labute approximate surface area is 139 Å². The molecule has 0 radical (unpaired) electrons. The van der Waals surface area contributed by atoms with E-state index < -0.39 is 17.5 Å². The van der Waals surface area contributed by atoms with Gasteiger partial charge in [-0.2, -0.15) is 5.10 Å². The number of aliphatic hydroxyl groups is 1. The normalized spacial score (nSPS) is 13.3. The highest BCUT2D eigenvalue weighted by Crippen LogP contribution is 2.10. The zero-order valence-corrected chi connectivity index (χ0v) is 13.9. The second kappa shape index (κ2) is 6.84. The first kappa shape index (κ1) is 17.7. The van der Waals surface area contributed by atoms with E-state index in [4.69, 9.17) is 5.11 Å². The lowest BCUT2D eigenvalue weighted by Gasteiger charge is -2.18. The number of carboxylic acid groups (broad SMARTS) is 1. The van der Waals surface area contributed by atoms with Crippen LogP contribution in [0.2, 0.25) is 0 Å². The van der Waals surface area contributed by atoms with Gasteiger partial charge in [0.15, 0.2) is 5.60 Å². The van der Waals surface area contributed by atoms with Crippen molar-refractivity contribution in [2.45, 2.75) is 32.9 Å². The van der Waals surface area contributed by atoms with E-state index in [1.165, 1.54) is 0 Å². The molecule has 1 unspecified atom stereocenters. The fraction of sp³-hybridized carbons (Fsp3) is 0.353. The number of hydrogen-bond donors (Lipinski definition) is 3. The van der Waals surface area contributed by atoms with E-state index in [2.05, 4.69) is 10.4 Å². The third kappa shape index (κ3) is 4.20. The maximum absolute atomic E-state index is 12.2. The number of hydrogen-bond acceptors (Lipinski definition) is 4. The Balaban J connectivity index is 2.08. The lowest BCUT2D eigenvalue weighted by molar-refractivity contribution is -0.155. The summed E-state index contributed by atoms with van der Waals surface area (Å²) in [6.45, 7) is 5.18. The Kier molecular flexibility index (Phi) is 5.04. The van der Waals surface area contributed by atoms with Gasteiger partial charge in [0.2, 0.25) is 0 Å². The number of benzene rings is 1. The monoisotopic (exact) mass is 331 g/mol. The predicted octanol–water partition coefficient (Wildman–Crippen LogP) is 1.11. The first-order chi connectivity index (χ1) is 11.2. The molecule has 2 aromatic rings. The zero-order chi connectivity index (χ0) is 17.9. The van der Waals surface area contributed by atoms with Crippen LogP contribution in [-0.2, 0) is 11.3 Å². The highest BCUT2D eigenvalue weighted by molar-refractivity contribution is 5.94. The van der Waals surface area contributed by atoms with E-state index >= 15 is 0 Å². The van der Waals surface area contributed by atoms with Crippen molar-refractivity contribution in [3.8, 4) is 0 Å². The molecular weight excluding hydrogens is 310 g/mol. The number of aryl methyl sites for hydroxylation is 2. The molecule has 0 aliphatic rings. The molecule has 7 heteroatoms. The lowest BCUT2D eigenvalue weighted by Crippen LogP contribution is -2.46. The summed E-state index contributed by atoms with van der Waals surface area (Å²) in [4.78, 5) is 23.0. The van der Waals surface area contributed by atoms with Crippen LogP contribution in [-0.4, -0.2) is 44.0 Å². The summed E-state index contributed by atoms with van der Waals surface area (Å²) in [6, 6.07) is 8.98. The molecule has 0 bridgehead atoms. The second-order valence-electron chi connectivity index (χ2n) is 6.05. The Morgan fingerprint density at radius 2 is 2.00 bits per heavy atom. The molecule has 0 aliphatic carbocycles. The number of nitrogens with zero attached hydrogens (tertiary/aromatic N) is 2. The number of nitrogens with one attached hydrogen (secondary N) is 1. The summed E-state index contributed by atoms with van der Waals surface area (Å²) in [5.74, 6) is -1.83. The molecule has 0 spiro atoms. The van der Waals surface area contributed by atoms with Gasteiger partial charge in [-0.3, -0.25) is 9.48 Å². The molecule has 0 saturated heterocycles. The topological polar surface area (TPSA) is 104 Å². The molecule has 24 heavy (non-hydrogen) atoms. The van der Waals surface area contributed by atoms with E-state index in [1.807, 2.05) is 30.7 Å². The summed E-state index contributed by atoms with van der Waals surface area (Å²) in [5, 5.41) is 25.3. The Hall–Kier alpha value is -2.67. The van der Waals surface area contributed by atoms with E-state index in [0.29, 0.717) is 12.1 Å². The fourth-order valence-corrected chi connectivity index (χ4v) is 2.25. The molecule has 1 aromatic carbocycles. The number of rotatable bonds is 6. The number of aromatic nitrogens is 2. The minimum absolute atomic E-state index is 0.372. The number of carbonyl (C=O) groups is 2. The average Bonchev–Trinajstić information content (AvgIpc) is 2.82. The molecular formula is C17H21N3O4. The quantitative estimate of drug-likeness (QED) is 0.735. The molecule has 1 amide bonds. The van der Waals surface area contributed by atoms with Crippen molar-refractivity contribution >= 4 is 11.9 Å². The Morgan fingerprint density at radius 3 is 2.58 bits per heavy atom. The van der Waals surface area contributed by atoms with Crippen LogP contribution in [0.4, 0.5) is 0 Å². The van der Waals surface area contributed by atoms with Crippen LogP contribution < -0.4 is 5.32 Å². The van der Waals surface area contributed by atoms with E-state index in [1.54, 1.807) is 18.2 Å². The van der Waals surface area contributed by atoms with Gasteiger partial charge < -0.3 is 15.5 Å². The summed E-state index contributed by atoms with van der Waals surface area (Å²) < 4.78 is 1.85. The average molecular weight is 331 g/mol. The molecule has 0 saturated carbocycles. The van der Waals surface area contributed by atoms with Crippen molar-refractivity contribution in [1.29, 1.82) is 0 Å². The smallest absolute Gasteiger partial charge is 0.337 e. The molecule has 1 aromatic heterocycles. The van der Waals surface area contributed by atoms with Crippen molar-refractivity contribution in [2.75, 3.05) is 6.54 Å². The van der Waals surface area contributed by atoms with Gasteiger partial charge in [0.05, 0.1) is 18.8 Å². The Bertz CT molecular complexity index is 765. The first-order valence-corrected chi connectivity index (χ1v) is 7.53. The third-order valence-electron chi connectivity index (χ3n) is 3.68. The summed E-state index contributed by atoms with van der Waals surface area (Å²) in [6.07, 6.45) is 0. The largest absolute Gasteiger partial charge is 0.479 e. The number of carboxylic acids is 1. The summed E-state index contributed by atoms with van der Waals surface area (Å²) in [7, 11) is 0. The molecule has 2 rings (SSSR count). The van der Waals surface area contributed by atoms with Crippen LogP contribution in [0.15, 0.2) is 30.3 Å². The molecule has 1 heterocycles. The van der Waals surface area contributed by atoms with Crippen molar-refractivity contribution in [3.05, 3.63) is 52.8 Å². The molecule has 0 fully saturated rings. The minimum atomic E-state index is -2.00. The fourth-order valence-electron chi connectivity index (χ4n) is 2.25. The van der Waals surface area contributed by atoms with Crippen LogP contribution in [0.1, 0.15) is 34.2 Å². The van der Waals surface area contributed by atoms with Crippen LogP contribution in [0.25, 0.3) is 0 Å². The molecule has 0 aliphatic heterocycles. The van der Waals surface area contributed by atoms with Crippen molar-refractivity contribution in [3.63, 3.8) is 0 Å². The Morgan fingerprint density at radius 1 is 1.29 bits per heavy atom. The van der Waals surface area contributed by atoms with E-state index in [0.717, 1.165) is 23.9 Å². The molecule has 128 valence electrons. The van der Waals surface area contributed by atoms with E-state index in [-0.39, 0.29) is 6.54 Å². The van der Waals surface area contributed by atoms with Crippen LogP contribution >= 0.6 is 0 Å². The van der Waals surface area contributed by atoms with Crippen molar-refractivity contribution in [1.82, 2.24) is 15.1 Å². The summed E-state index contributed by atoms with van der Waals surface area (Å²) in [5.41, 5.74) is 1.25. The standard InChI is InChI=1S/C17H21N3O4/c1-11-7-12(2)20(19-11)9-13-5-4-6-14(8-13)15(21)18-10-17(3,24)16(22)23/h4-8,24H,9-10H2,1-3H3,(H,18,21)(H,22,23). The lowest BCUT2D eigenvalue weighted by atomic mass is 10.1. The highest BCUT2D eigenvalue weighted by atomic mass is 16.4. The van der Waals surface area contributed by atoms with Gasteiger partial charge in [-0.25, -0.2) is 4.79 Å². The third-order valence-corrected chi connectivity index (χ3v) is 3.68. The maximum atomic E-state index is 12.2. The van der Waals surface area contributed by atoms with Gasteiger partial charge >= 0.3 is 5.97 Å². The van der Waals surface area contributed by atoms with Gasteiger partial charge in [0.1, 0.15) is 0 Å². The number of carbonyl (C=O) groups excluding carboxylic acids is 1. The maximum Gasteiger partial charge on any atom is 0.337 e. The molecule has 3 N–H and O–H groups in total. The molecule has 7 nitrogen and oxygen atoms in total. The SMILES string of the molecule is Cc1cc(C)n(Cc2cccc(C(=O)NCC(C)(O)C(=O)O)c2)n1. The summed E-state index contributed by atoms with van der Waals surface area (Å²) >= 11 is 0. The predicted molar refractivity (Wildman–Crippen MR) is 87.8 cm³/mol.